The molecule has 0 saturated carbocycles. The normalized spacial score (nSPS) is 25.3. The predicted molar refractivity (Wildman–Crippen MR) is 88.0 cm³/mol. The average molecular weight is 330 g/mol. The van der Waals surface area contributed by atoms with Crippen LogP contribution < -0.4 is 5.32 Å². The van der Waals surface area contributed by atoms with Gasteiger partial charge in [-0.3, -0.25) is 0 Å². The minimum absolute atomic E-state index is 0.0362. The average Bonchev–Trinajstić information content (AvgIpc) is 3.04. The van der Waals surface area contributed by atoms with Crippen LogP contribution in [0.3, 0.4) is 0 Å². The SMILES string of the molecule is O=C(O)c1ccc([C@@H]2Nc3ccc(Cl)cc3[C@@H]3OCC[C@H]23)cc1. The number of benzene rings is 2. The second-order valence-corrected chi connectivity index (χ2v) is 6.46. The molecule has 0 unspecified atom stereocenters. The first-order valence-corrected chi connectivity index (χ1v) is 8.02. The molecule has 2 aliphatic rings. The molecular weight excluding hydrogens is 314 g/mol. The number of aromatic carboxylic acids is 1. The second kappa shape index (κ2) is 5.55. The van der Waals surface area contributed by atoms with Gasteiger partial charge in [0.1, 0.15) is 0 Å². The maximum atomic E-state index is 11.0. The molecular formula is C18H16ClNO3. The molecule has 4 nitrogen and oxygen atoms in total. The zero-order valence-electron chi connectivity index (χ0n) is 12.3. The summed E-state index contributed by atoms with van der Waals surface area (Å²) in [4.78, 5) is 11.0. The molecule has 0 amide bonds. The molecule has 0 aromatic heterocycles. The fourth-order valence-corrected chi connectivity index (χ4v) is 3.79. The van der Waals surface area contributed by atoms with E-state index < -0.39 is 5.97 Å². The van der Waals surface area contributed by atoms with Crippen molar-refractivity contribution in [1.29, 1.82) is 0 Å². The topological polar surface area (TPSA) is 58.6 Å². The smallest absolute Gasteiger partial charge is 0.335 e. The van der Waals surface area contributed by atoms with Crippen LogP contribution in [0, 0.1) is 5.92 Å². The predicted octanol–water partition coefficient (Wildman–Crippen LogP) is 4.28. The molecule has 0 bridgehead atoms. The van der Waals surface area contributed by atoms with Crippen LogP contribution in [-0.2, 0) is 4.74 Å². The zero-order valence-corrected chi connectivity index (χ0v) is 13.1. The standard InChI is InChI=1S/C18H16ClNO3/c19-12-5-6-15-14(9-12)17-13(7-8-23-17)16(20-15)10-1-3-11(4-2-10)18(21)22/h1-6,9,13,16-17,20H,7-8H2,(H,21,22)/t13-,16+,17-/m1/s1. The Morgan fingerprint density at radius 1 is 1.22 bits per heavy atom. The Morgan fingerprint density at radius 2 is 2.00 bits per heavy atom. The van der Waals surface area contributed by atoms with Gasteiger partial charge in [0, 0.05) is 28.8 Å². The van der Waals surface area contributed by atoms with Gasteiger partial charge < -0.3 is 15.2 Å². The van der Waals surface area contributed by atoms with Crippen molar-refractivity contribution in [2.45, 2.75) is 18.6 Å². The molecule has 5 heteroatoms. The molecule has 1 saturated heterocycles. The van der Waals surface area contributed by atoms with Crippen molar-refractivity contribution in [3.05, 3.63) is 64.2 Å². The van der Waals surface area contributed by atoms with Crippen molar-refractivity contribution in [2.24, 2.45) is 5.92 Å². The van der Waals surface area contributed by atoms with Crippen molar-refractivity contribution >= 4 is 23.3 Å². The Hall–Kier alpha value is -2.04. The molecule has 2 heterocycles. The van der Waals surface area contributed by atoms with E-state index in [1.54, 1.807) is 12.1 Å². The maximum Gasteiger partial charge on any atom is 0.335 e. The summed E-state index contributed by atoms with van der Waals surface area (Å²) < 4.78 is 5.96. The highest BCUT2D eigenvalue weighted by molar-refractivity contribution is 6.30. The third-order valence-corrected chi connectivity index (χ3v) is 4.95. The number of ether oxygens (including phenoxy) is 1. The van der Waals surface area contributed by atoms with Gasteiger partial charge in [0.2, 0.25) is 0 Å². The molecule has 2 N–H and O–H groups in total. The summed E-state index contributed by atoms with van der Waals surface area (Å²) in [5.74, 6) is -0.591. The van der Waals surface area contributed by atoms with Crippen LogP contribution in [0.2, 0.25) is 5.02 Å². The van der Waals surface area contributed by atoms with E-state index in [0.717, 1.165) is 29.8 Å². The first-order chi connectivity index (χ1) is 11.1. The first-order valence-electron chi connectivity index (χ1n) is 7.64. The number of fused-ring (bicyclic) bond motifs is 3. The van der Waals surface area contributed by atoms with Crippen molar-refractivity contribution in [3.8, 4) is 0 Å². The van der Waals surface area contributed by atoms with Crippen LogP contribution in [0.1, 0.15) is 40.1 Å². The van der Waals surface area contributed by atoms with E-state index >= 15 is 0 Å². The number of hydrogen-bond donors (Lipinski definition) is 2. The van der Waals surface area contributed by atoms with Gasteiger partial charge in [-0.1, -0.05) is 23.7 Å². The first kappa shape index (κ1) is 14.5. The van der Waals surface area contributed by atoms with E-state index in [1.165, 1.54) is 0 Å². The third kappa shape index (κ3) is 2.48. The van der Waals surface area contributed by atoms with Crippen LogP contribution in [0.4, 0.5) is 5.69 Å². The van der Waals surface area contributed by atoms with Crippen LogP contribution in [-0.4, -0.2) is 17.7 Å². The lowest BCUT2D eigenvalue weighted by Crippen LogP contribution is -2.29. The molecule has 0 spiro atoms. The highest BCUT2D eigenvalue weighted by Crippen LogP contribution is 2.50. The molecule has 23 heavy (non-hydrogen) atoms. The van der Waals surface area contributed by atoms with Gasteiger partial charge in [0.05, 0.1) is 17.7 Å². The second-order valence-electron chi connectivity index (χ2n) is 6.02. The molecule has 0 radical (unpaired) electrons. The van der Waals surface area contributed by atoms with Gasteiger partial charge >= 0.3 is 5.97 Å². The molecule has 4 rings (SSSR count). The minimum Gasteiger partial charge on any atom is -0.478 e. The molecule has 118 valence electrons. The number of carboxylic acid groups (broad SMARTS) is 1. The third-order valence-electron chi connectivity index (χ3n) is 4.71. The summed E-state index contributed by atoms with van der Waals surface area (Å²) in [7, 11) is 0. The molecule has 2 aromatic carbocycles. The van der Waals surface area contributed by atoms with E-state index in [2.05, 4.69) is 5.32 Å². The largest absolute Gasteiger partial charge is 0.478 e. The number of carboxylic acids is 1. The number of hydrogen-bond acceptors (Lipinski definition) is 3. The van der Waals surface area contributed by atoms with Crippen molar-refractivity contribution in [2.75, 3.05) is 11.9 Å². The van der Waals surface area contributed by atoms with Gasteiger partial charge in [-0.25, -0.2) is 4.79 Å². The fraction of sp³-hybridized carbons (Fsp3) is 0.278. The van der Waals surface area contributed by atoms with Gasteiger partial charge in [-0.05, 0) is 42.3 Å². The Bertz CT molecular complexity index is 759. The Labute approximate surface area is 139 Å². The van der Waals surface area contributed by atoms with Gasteiger partial charge in [0.15, 0.2) is 0 Å². The fourth-order valence-electron chi connectivity index (χ4n) is 3.61. The zero-order chi connectivity index (χ0) is 16.0. The highest BCUT2D eigenvalue weighted by atomic mass is 35.5. The molecule has 1 fully saturated rings. The van der Waals surface area contributed by atoms with Crippen LogP contribution >= 0.6 is 11.6 Å². The number of rotatable bonds is 2. The van der Waals surface area contributed by atoms with Crippen LogP contribution in [0.15, 0.2) is 42.5 Å². The summed E-state index contributed by atoms with van der Waals surface area (Å²) in [5, 5.41) is 13.3. The number of carbonyl (C=O) groups is 1. The molecule has 2 aromatic rings. The minimum atomic E-state index is -0.907. The molecule has 3 atom stereocenters. The van der Waals surface area contributed by atoms with Gasteiger partial charge in [0.25, 0.3) is 0 Å². The Balaban J connectivity index is 1.72. The monoisotopic (exact) mass is 329 g/mol. The lowest BCUT2D eigenvalue weighted by atomic mass is 9.81. The molecule has 2 aliphatic heterocycles. The van der Waals surface area contributed by atoms with Crippen LogP contribution in [0.25, 0.3) is 0 Å². The summed E-state index contributed by atoms with van der Waals surface area (Å²) >= 11 is 6.13. The maximum absolute atomic E-state index is 11.0. The summed E-state index contributed by atoms with van der Waals surface area (Å²) in [6.45, 7) is 0.729. The van der Waals surface area contributed by atoms with E-state index in [4.69, 9.17) is 21.4 Å². The lowest BCUT2D eigenvalue weighted by Gasteiger charge is -2.36. The van der Waals surface area contributed by atoms with Crippen LogP contribution in [0.5, 0.6) is 0 Å². The summed E-state index contributed by atoms with van der Waals surface area (Å²) in [5.41, 5.74) is 3.52. The van der Waals surface area contributed by atoms with E-state index in [1.807, 2.05) is 30.3 Å². The number of anilines is 1. The number of nitrogens with one attached hydrogen (secondary N) is 1. The van der Waals surface area contributed by atoms with Crippen molar-refractivity contribution in [3.63, 3.8) is 0 Å². The van der Waals surface area contributed by atoms with E-state index in [0.29, 0.717) is 16.5 Å². The van der Waals surface area contributed by atoms with E-state index in [-0.39, 0.29) is 12.1 Å². The Kier molecular flexibility index (Phi) is 3.51. The van der Waals surface area contributed by atoms with Crippen molar-refractivity contribution < 1.29 is 14.6 Å². The highest BCUT2D eigenvalue weighted by Gasteiger charge is 2.41. The lowest BCUT2D eigenvalue weighted by molar-refractivity contribution is 0.0696. The number of halogens is 1. The van der Waals surface area contributed by atoms with Crippen molar-refractivity contribution in [1.82, 2.24) is 0 Å². The Morgan fingerprint density at radius 3 is 2.74 bits per heavy atom. The molecule has 0 aliphatic carbocycles. The summed E-state index contributed by atoms with van der Waals surface area (Å²) in [6, 6.07) is 13.0. The van der Waals surface area contributed by atoms with E-state index in [9.17, 15) is 4.79 Å². The van der Waals surface area contributed by atoms with Gasteiger partial charge in [-0.2, -0.15) is 0 Å². The summed E-state index contributed by atoms with van der Waals surface area (Å²) in [6.07, 6.45) is 1.00. The van der Waals surface area contributed by atoms with Gasteiger partial charge in [-0.15, -0.1) is 0 Å². The quantitative estimate of drug-likeness (QED) is 0.863.